The van der Waals surface area contributed by atoms with Crippen LogP contribution in [0.1, 0.15) is 42.1 Å². The van der Waals surface area contributed by atoms with Crippen LogP contribution in [-0.2, 0) is 11.2 Å². The molecule has 11 nitrogen and oxygen atoms in total. The Bertz CT molecular complexity index is 1430. The predicted octanol–water partition coefficient (Wildman–Crippen LogP) is 3.61. The molecule has 0 radical (unpaired) electrons. The van der Waals surface area contributed by atoms with Crippen LogP contribution in [0.4, 0.5) is 23.1 Å². The van der Waals surface area contributed by atoms with E-state index in [1.807, 2.05) is 55.3 Å². The van der Waals surface area contributed by atoms with Crippen LogP contribution in [0.5, 0.6) is 5.75 Å². The molecule has 43 heavy (non-hydrogen) atoms. The van der Waals surface area contributed by atoms with E-state index < -0.39 is 0 Å². The number of likely N-dealkylation sites (N-methyl/N-ethyl adjacent to an activating group) is 1. The smallest absolute Gasteiger partial charge is 0.251 e. The number of rotatable bonds is 10. The third kappa shape index (κ3) is 6.57. The second kappa shape index (κ2) is 13.4. The van der Waals surface area contributed by atoms with E-state index in [1.54, 1.807) is 37.4 Å². The second-order valence-corrected chi connectivity index (χ2v) is 11.3. The Balaban J connectivity index is 1.36. The van der Waals surface area contributed by atoms with Crippen LogP contribution in [0, 0.1) is 5.92 Å². The standard InChI is InChI=1S/C32H42N8O3/c1-6-26-31(42)39(4)27-20-34-32(37-29(27)40(26)38(2)3)36-24-13-12-23(19-28(24)43-5)30(41)35-25(22-14-16-33-17-15-22)18-21-10-8-7-9-11-21/h7-13,19-20,22,25-26,33H,6,14-18H2,1-5H3,(H,35,41)(H,34,36,37). The zero-order valence-corrected chi connectivity index (χ0v) is 25.6. The van der Waals surface area contributed by atoms with Crippen molar-refractivity contribution in [2.45, 2.75) is 44.7 Å². The lowest BCUT2D eigenvalue weighted by atomic mass is 9.86. The van der Waals surface area contributed by atoms with Crippen LogP contribution in [0.15, 0.2) is 54.7 Å². The van der Waals surface area contributed by atoms with Crippen molar-refractivity contribution in [3.05, 3.63) is 65.9 Å². The van der Waals surface area contributed by atoms with Crippen molar-refractivity contribution in [1.82, 2.24) is 25.6 Å². The van der Waals surface area contributed by atoms with Crippen LogP contribution < -0.4 is 30.6 Å². The summed E-state index contributed by atoms with van der Waals surface area (Å²) in [5, 5.41) is 13.8. The number of amides is 2. The fourth-order valence-corrected chi connectivity index (χ4v) is 6.00. The normalized spacial score (nSPS) is 17.9. The van der Waals surface area contributed by atoms with E-state index in [0.29, 0.717) is 46.8 Å². The van der Waals surface area contributed by atoms with Crippen molar-refractivity contribution >= 4 is 35.0 Å². The number of anilines is 4. The number of benzene rings is 2. The van der Waals surface area contributed by atoms with Crippen molar-refractivity contribution in [2.24, 2.45) is 5.92 Å². The van der Waals surface area contributed by atoms with Crippen LogP contribution in [0.2, 0.25) is 0 Å². The van der Waals surface area contributed by atoms with Gasteiger partial charge in [-0.15, -0.1) is 0 Å². The van der Waals surface area contributed by atoms with Gasteiger partial charge in [0.15, 0.2) is 5.82 Å². The van der Waals surface area contributed by atoms with Gasteiger partial charge < -0.3 is 25.6 Å². The molecule has 0 saturated carbocycles. The number of nitrogens with zero attached hydrogens (tertiary/aromatic N) is 5. The van der Waals surface area contributed by atoms with Crippen LogP contribution in [0.25, 0.3) is 0 Å². The average molecular weight is 587 g/mol. The fourth-order valence-electron chi connectivity index (χ4n) is 6.00. The first-order chi connectivity index (χ1) is 20.8. The number of nitrogens with one attached hydrogen (secondary N) is 3. The average Bonchev–Trinajstić information content (AvgIpc) is 3.03. The number of piperidine rings is 1. The minimum atomic E-state index is -0.363. The summed E-state index contributed by atoms with van der Waals surface area (Å²) in [5.41, 5.74) is 2.99. The molecule has 2 aromatic carbocycles. The molecule has 11 heteroatoms. The lowest BCUT2D eigenvalue weighted by Crippen LogP contribution is -2.57. The molecule has 3 N–H and O–H groups in total. The van der Waals surface area contributed by atoms with Gasteiger partial charge in [-0.05, 0) is 68.5 Å². The molecule has 0 spiro atoms. The number of methoxy groups -OCH3 is 1. The van der Waals surface area contributed by atoms with Crippen molar-refractivity contribution in [3.8, 4) is 5.75 Å². The zero-order chi connectivity index (χ0) is 30.5. The minimum absolute atomic E-state index is 0.00490. The molecular weight excluding hydrogens is 544 g/mol. The van der Waals surface area contributed by atoms with Crippen molar-refractivity contribution in [2.75, 3.05) is 56.6 Å². The summed E-state index contributed by atoms with van der Waals surface area (Å²) < 4.78 is 5.69. The lowest BCUT2D eigenvalue weighted by Gasteiger charge is -2.43. The van der Waals surface area contributed by atoms with E-state index in [1.165, 1.54) is 5.56 Å². The summed E-state index contributed by atoms with van der Waals surface area (Å²) in [7, 11) is 7.10. The first-order valence-corrected chi connectivity index (χ1v) is 14.9. The van der Waals surface area contributed by atoms with Gasteiger partial charge in [-0.3, -0.25) is 14.6 Å². The van der Waals surface area contributed by atoms with Crippen LogP contribution in [-0.4, -0.2) is 80.2 Å². The molecule has 1 fully saturated rings. The Labute approximate surface area is 253 Å². The number of ether oxygens (including phenoxy) is 1. The van der Waals surface area contributed by atoms with Gasteiger partial charge >= 0.3 is 0 Å². The van der Waals surface area contributed by atoms with Crippen LogP contribution >= 0.6 is 0 Å². The molecule has 2 aliphatic rings. The molecule has 0 bridgehead atoms. The topological polar surface area (TPSA) is 115 Å². The highest BCUT2D eigenvalue weighted by Gasteiger charge is 2.38. The maximum atomic E-state index is 13.5. The number of fused-ring (bicyclic) bond motifs is 1. The molecule has 1 saturated heterocycles. The summed E-state index contributed by atoms with van der Waals surface area (Å²) in [5.74, 6) is 1.75. The molecule has 3 aromatic rings. The molecule has 2 atom stereocenters. The van der Waals surface area contributed by atoms with E-state index in [-0.39, 0.29) is 23.9 Å². The van der Waals surface area contributed by atoms with Crippen molar-refractivity contribution in [1.29, 1.82) is 0 Å². The van der Waals surface area contributed by atoms with Gasteiger partial charge in [-0.2, -0.15) is 4.98 Å². The fraction of sp³-hybridized carbons (Fsp3) is 0.438. The Morgan fingerprint density at radius 3 is 2.58 bits per heavy atom. The SMILES string of the molecule is CCC1C(=O)N(C)c2cnc(Nc3ccc(C(=O)NC(Cc4ccccc4)C4CCNCC4)cc3OC)nc2N1N(C)C. The highest BCUT2D eigenvalue weighted by atomic mass is 16.5. The summed E-state index contributed by atoms with van der Waals surface area (Å²) in [4.78, 5) is 37.4. The quantitative estimate of drug-likeness (QED) is 0.328. The number of aromatic nitrogens is 2. The van der Waals surface area contributed by atoms with E-state index in [4.69, 9.17) is 9.72 Å². The largest absolute Gasteiger partial charge is 0.495 e. The summed E-state index contributed by atoms with van der Waals surface area (Å²) in [6.07, 6.45) is 5.12. The molecule has 2 amide bonds. The molecule has 2 unspecified atom stereocenters. The van der Waals surface area contributed by atoms with Gasteiger partial charge in [0.05, 0.1) is 19.0 Å². The highest BCUT2D eigenvalue weighted by molar-refractivity contribution is 6.04. The zero-order valence-electron chi connectivity index (χ0n) is 25.6. The molecule has 3 heterocycles. The van der Waals surface area contributed by atoms with E-state index in [9.17, 15) is 9.59 Å². The molecule has 5 rings (SSSR count). The molecule has 1 aromatic heterocycles. The van der Waals surface area contributed by atoms with Crippen LogP contribution in [0.3, 0.4) is 0 Å². The maximum absolute atomic E-state index is 13.5. The third-order valence-electron chi connectivity index (χ3n) is 8.33. The summed E-state index contributed by atoms with van der Waals surface area (Å²) >= 11 is 0. The molecule has 228 valence electrons. The van der Waals surface area contributed by atoms with Crippen molar-refractivity contribution in [3.63, 3.8) is 0 Å². The Morgan fingerprint density at radius 2 is 1.91 bits per heavy atom. The van der Waals surface area contributed by atoms with E-state index in [2.05, 4.69) is 33.1 Å². The number of carbonyl (C=O) groups is 2. The van der Waals surface area contributed by atoms with Gasteiger partial charge in [0.25, 0.3) is 11.8 Å². The van der Waals surface area contributed by atoms with Gasteiger partial charge in [-0.25, -0.2) is 9.99 Å². The monoisotopic (exact) mass is 586 g/mol. The number of hydrazine groups is 1. The Hall–Kier alpha value is -4.22. The number of hydrogen-bond donors (Lipinski definition) is 3. The first-order valence-electron chi connectivity index (χ1n) is 14.9. The molecular formula is C32H42N8O3. The third-order valence-corrected chi connectivity index (χ3v) is 8.33. The maximum Gasteiger partial charge on any atom is 0.251 e. The van der Waals surface area contributed by atoms with Crippen molar-refractivity contribution < 1.29 is 14.3 Å². The van der Waals surface area contributed by atoms with Gasteiger partial charge in [0, 0.05) is 32.7 Å². The molecule has 2 aliphatic heterocycles. The number of carbonyl (C=O) groups excluding carboxylic acids is 2. The Morgan fingerprint density at radius 1 is 1.16 bits per heavy atom. The van der Waals surface area contributed by atoms with E-state index >= 15 is 0 Å². The van der Waals surface area contributed by atoms with Gasteiger partial charge in [0.1, 0.15) is 17.5 Å². The molecule has 0 aliphatic carbocycles. The number of hydrogen-bond acceptors (Lipinski definition) is 9. The predicted molar refractivity (Wildman–Crippen MR) is 169 cm³/mol. The van der Waals surface area contributed by atoms with E-state index in [0.717, 1.165) is 32.4 Å². The lowest BCUT2D eigenvalue weighted by molar-refractivity contribution is -0.120. The first kappa shape index (κ1) is 30.2. The van der Waals surface area contributed by atoms with Gasteiger partial charge in [0.2, 0.25) is 5.95 Å². The second-order valence-electron chi connectivity index (χ2n) is 11.3. The minimum Gasteiger partial charge on any atom is -0.495 e. The highest BCUT2D eigenvalue weighted by Crippen LogP contribution is 2.36. The summed E-state index contributed by atoms with van der Waals surface area (Å²) in [6, 6.07) is 15.3. The van der Waals surface area contributed by atoms with Gasteiger partial charge in [-0.1, -0.05) is 37.3 Å². The Kier molecular flexibility index (Phi) is 9.42. The summed E-state index contributed by atoms with van der Waals surface area (Å²) in [6.45, 7) is 3.91.